The fourth-order valence-corrected chi connectivity index (χ4v) is 4.16. The predicted molar refractivity (Wildman–Crippen MR) is 124 cm³/mol. The van der Waals surface area contributed by atoms with Gasteiger partial charge in [0.05, 0.1) is 29.5 Å². The number of fused-ring (bicyclic) bond motifs is 1. The Morgan fingerprint density at radius 1 is 1.21 bits per heavy atom. The topological polar surface area (TPSA) is 93.3 Å². The maximum Gasteiger partial charge on any atom is 0.254 e. The lowest BCUT2D eigenvalue weighted by atomic mass is 9.85. The van der Waals surface area contributed by atoms with E-state index in [-0.39, 0.29) is 17.7 Å². The lowest BCUT2D eigenvalue weighted by Gasteiger charge is -2.24. The van der Waals surface area contributed by atoms with Gasteiger partial charge in [0.15, 0.2) is 0 Å². The summed E-state index contributed by atoms with van der Waals surface area (Å²) in [7, 11) is 3.64. The van der Waals surface area contributed by atoms with E-state index in [2.05, 4.69) is 10.3 Å². The average molecular weight is 444 g/mol. The highest BCUT2D eigenvalue weighted by Gasteiger charge is 2.27. The van der Waals surface area contributed by atoms with Crippen LogP contribution in [0.3, 0.4) is 0 Å². The van der Waals surface area contributed by atoms with E-state index in [1.165, 1.54) is 0 Å². The number of furan rings is 1. The average Bonchev–Trinajstić information content (AvgIpc) is 3.40. The molecule has 8 nitrogen and oxygen atoms in total. The van der Waals surface area contributed by atoms with E-state index in [0.29, 0.717) is 29.1 Å². The molecule has 33 heavy (non-hydrogen) atoms. The number of aromatic nitrogens is 3. The van der Waals surface area contributed by atoms with Gasteiger partial charge in [-0.05, 0) is 49.2 Å². The van der Waals surface area contributed by atoms with Crippen LogP contribution in [0.25, 0.3) is 22.4 Å². The molecule has 168 valence electrons. The fraction of sp³-hybridized carbons (Fsp3) is 0.280. The van der Waals surface area contributed by atoms with Crippen molar-refractivity contribution in [1.29, 1.82) is 0 Å². The zero-order chi connectivity index (χ0) is 22.9. The molecule has 2 amide bonds. The number of nitrogens with zero attached hydrogens (tertiary/aromatic N) is 4. The summed E-state index contributed by atoms with van der Waals surface area (Å²) in [6.07, 6.45) is 7.88. The molecule has 0 atom stereocenters. The molecule has 1 saturated carbocycles. The first-order valence-corrected chi connectivity index (χ1v) is 11.0. The van der Waals surface area contributed by atoms with E-state index >= 15 is 0 Å². The largest absolute Gasteiger partial charge is 0.467 e. The molecule has 3 aromatic heterocycles. The van der Waals surface area contributed by atoms with Gasteiger partial charge in [0.2, 0.25) is 5.91 Å². The van der Waals surface area contributed by atoms with Crippen molar-refractivity contribution < 1.29 is 14.0 Å². The summed E-state index contributed by atoms with van der Waals surface area (Å²) >= 11 is 0. The van der Waals surface area contributed by atoms with E-state index in [0.717, 1.165) is 36.2 Å². The Morgan fingerprint density at radius 3 is 2.67 bits per heavy atom. The summed E-state index contributed by atoms with van der Waals surface area (Å²) in [5.74, 6) is 1.27. The molecule has 0 bridgehead atoms. The number of benzene rings is 1. The normalized spacial score (nSPS) is 13.6. The first kappa shape index (κ1) is 20.9. The van der Waals surface area contributed by atoms with Crippen molar-refractivity contribution in [3.05, 3.63) is 66.4 Å². The number of imidazole rings is 1. The van der Waals surface area contributed by atoms with Gasteiger partial charge in [-0.2, -0.15) is 0 Å². The van der Waals surface area contributed by atoms with Crippen molar-refractivity contribution in [2.24, 2.45) is 13.0 Å². The zero-order valence-corrected chi connectivity index (χ0v) is 18.6. The van der Waals surface area contributed by atoms with Crippen molar-refractivity contribution in [3.8, 4) is 11.4 Å². The minimum atomic E-state index is -0.177. The highest BCUT2D eigenvalue weighted by molar-refractivity contribution is 6.06. The molecule has 1 aromatic carbocycles. The molecule has 3 heterocycles. The lowest BCUT2D eigenvalue weighted by Crippen LogP contribution is -2.29. The van der Waals surface area contributed by atoms with E-state index in [1.54, 1.807) is 48.8 Å². The lowest BCUT2D eigenvalue weighted by molar-refractivity contribution is -0.122. The Bertz CT molecular complexity index is 1310. The number of hydrogen-bond acceptors (Lipinski definition) is 5. The van der Waals surface area contributed by atoms with Crippen molar-refractivity contribution >= 4 is 28.5 Å². The minimum absolute atomic E-state index is 0.0113. The fourth-order valence-electron chi connectivity index (χ4n) is 4.16. The van der Waals surface area contributed by atoms with Crippen LogP contribution in [0.2, 0.25) is 0 Å². The van der Waals surface area contributed by atoms with E-state index in [9.17, 15) is 9.59 Å². The van der Waals surface area contributed by atoms with Gasteiger partial charge in [-0.1, -0.05) is 6.42 Å². The third-order valence-electron chi connectivity index (χ3n) is 6.21. The smallest absolute Gasteiger partial charge is 0.254 e. The van der Waals surface area contributed by atoms with Crippen LogP contribution >= 0.6 is 0 Å². The zero-order valence-electron chi connectivity index (χ0n) is 18.6. The molecule has 0 unspecified atom stereocenters. The number of aryl methyl sites for hydroxylation is 1. The van der Waals surface area contributed by atoms with Gasteiger partial charge in [-0.3, -0.25) is 14.6 Å². The summed E-state index contributed by atoms with van der Waals surface area (Å²) in [4.78, 5) is 36.5. The van der Waals surface area contributed by atoms with E-state index in [1.807, 2.05) is 29.8 Å². The summed E-state index contributed by atoms with van der Waals surface area (Å²) in [5.41, 5.74) is 3.38. The van der Waals surface area contributed by atoms with Crippen LogP contribution in [0.1, 0.15) is 35.4 Å². The molecule has 1 aliphatic carbocycles. The number of rotatable bonds is 6. The summed E-state index contributed by atoms with van der Waals surface area (Å²) in [5, 5.41) is 3.07. The highest BCUT2D eigenvalue weighted by atomic mass is 16.3. The van der Waals surface area contributed by atoms with Crippen molar-refractivity contribution in [2.45, 2.75) is 25.8 Å². The molecular weight excluding hydrogens is 418 g/mol. The SMILES string of the molecule is CN(Cc1ccco1)C(=O)c1cc(NC(=O)C2CCC2)c2c(c1)nc(-c1ccncc1)n2C. The number of pyridine rings is 1. The van der Waals surface area contributed by atoms with Gasteiger partial charge >= 0.3 is 0 Å². The predicted octanol–water partition coefficient (Wildman–Crippen LogP) is 4.24. The highest BCUT2D eigenvalue weighted by Crippen LogP contribution is 2.33. The maximum absolute atomic E-state index is 13.2. The molecular formula is C25H25N5O3. The van der Waals surface area contributed by atoms with Crippen molar-refractivity contribution in [3.63, 3.8) is 0 Å². The second-order valence-electron chi connectivity index (χ2n) is 8.48. The third kappa shape index (κ3) is 4.00. The molecule has 1 N–H and O–H groups in total. The van der Waals surface area contributed by atoms with Gasteiger partial charge < -0.3 is 19.2 Å². The molecule has 0 spiro atoms. The number of carbonyl (C=O) groups is 2. The number of carbonyl (C=O) groups excluding carboxylic acids is 2. The van der Waals surface area contributed by atoms with Crippen molar-refractivity contribution in [1.82, 2.24) is 19.4 Å². The number of anilines is 1. The Kier molecular flexibility index (Phi) is 5.42. The molecule has 0 saturated heterocycles. The second-order valence-corrected chi connectivity index (χ2v) is 8.48. The third-order valence-corrected chi connectivity index (χ3v) is 6.21. The quantitative estimate of drug-likeness (QED) is 0.481. The molecule has 1 fully saturated rings. The molecule has 0 aliphatic heterocycles. The molecule has 1 aliphatic rings. The van der Waals surface area contributed by atoms with E-state index in [4.69, 9.17) is 9.40 Å². The summed E-state index contributed by atoms with van der Waals surface area (Å²) < 4.78 is 7.32. The Morgan fingerprint density at radius 2 is 2.00 bits per heavy atom. The maximum atomic E-state index is 13.2. The van der Waals surface area contributed by atoms with Crippen LogP contribution in [0.5, 0.6) is 0 Å². The minimum Gasteiger partial charge on any atom is -0.467 e. The van der Waals surface area contributed by atoms with Gasteiger partial charge in [0, 0.05) is 43.5 Å². The van der Waals surface area contributed by atoms with Crippen LogP contribution in [0.4, 0.5) is 5.69 Å². The second kappa shape index (κ2) is 8.54. The first-order valence-electron chi connectivity index (χ1n) is 11.0. The molecule has 4 aromatic rings. The van der Waals surface area contributed by atoms with Gasteiger partial charge in [0.25, 0.3) is 5.91 Å². The number of hydrogen-bond donors (Lipinski definition) is 1. The molecule has 8 heteroatoms. The van der Waals surface area contributed by atoms with Crippen LogP contribution < -0.4 is 5.32 Å². The van der Waals surface area contributed by atoms with E-state index < -0.39 is 0 Å². The Labute approximate surface area is 191 Å². The van der Waals surface area contributed by atoms with Crippen LogP contribution in [-0.2, 0) is 18.4 Å². The Balaban J connectivity index is 1.56. The van der Waals surface area contributed by atoms with Crippen LogP contribution in [0.15, 0.2) is 59.5 Å². The standard InChI is InChI=1S/C25H25N5O3/c1-29(15-19-7-4-12-33-19)25(32)18-13-20-22(21(14-18)28-24(31)17-5-3-6-17)30(2)23(27-20)16-8-10-26-11-9-16/h4,7-14,17H,3,5-6,15H2,1-2H3,(H,28,31). The van der Waals surface area contributed by atoms with Gasteiger partial charge in [0.1, 0.15) is 11.6 Å². The monoisotopic (exact) mass is 443 g/mol. The number of amides is 2. The van der Waals surface area contributed by atoms with Crippen molar-refractivity contribution in [2.75, 3.05) is 12.4 Å². The Hall–Kier alpha value is -3.94. The van der Waals surface area contributed by atoms with Gasteiger partial charge in [-0.25, -0.2) is 4.98 Å². The molecule has 0 radical (unpaired) electrons. The summed E-state index contributed by atoms with van der Waals surface area (Å²) in [6.45, 7) is 0.345. The first-order chi connectivity index (χ1) is 16.0. The summed E-state index contributed by atoms with van der Waals surface area (Å²) in [6, 6.07) is 10.9. The molecule has 5 rings (SSSR count). The van der Waals surface area contributed by atoms with Gasteiger partial charge in [-0.15, -0.1) is 0 Å². The van der Waals surface area contributed by atoms with Crippen LogP contribution in [0, 0.1) is 5.92 Å². The number of nitrogens with one attached hydrogen (secondary N) is 1. The van der Waals surface area contributed by atoms with Crippen LogP contribution in [-0.4, -0.2) is 38.3 Å².